The van der Waals surface area contributed by atoms with Crippen molar-refractivity contribution in [2.75, 3.05) is 11.9 Å². The molecule has 0 radical (unpaired) electrons. The molecule has 0 aromatic rings. The van der Waals surface area contributed by atoms with Crippen LogP contribution in [0.15, 0.2) is 0 Å². The van der Waals surface area contributed by atoms with Gasteiger partial charge in [-0.1, -0.05) is 29.8 Å². The molecule has 0 unspecified atom stereocenters. The van der Waals surface area contributed by atoms with Crippen LogP contribution in [0, 0.1) is 5.92 Å². The van der Waals surface area contributed by atoms with Gasteiger partial charge in [0.05, 0.1) is 0 Å². The Balaban J connectivity index is 4.39. The Bertz CT molecular complexity index is 178. The van der Waals surface area contributed by atoms with Gasteiger partial charge in [0.2, 0.25) is 5.91 Å². The first-order chi connectivity index (χ1) is 7.08. The normalized spacial score (nSPS) is 11.1. The molecule has 0 aliphatic heterocycles. The van der Waals surface area contributed by atoms with Crippen LogP contribution in [-0.4, -0.2) is 28.7 Å². The van der Waals surface area contributed by atoms with E-state index in [1.807, 2.05) is 4.90 Å². The van der Waals surface area contributed by atoms with Crippen LogP contribution in [0.25, 0.3) is 0 Å². The third-order valence-electron chi connectivity index (χ3n) is 2.77. The molecule has 0 aliphatic rings. The molecule has 0 aromatic carbocycles. The first-order valence-corrected chi connectivity index (χ1v) is 7.06. The predicted molar refractivity (Wildman–Crippen MR) is 69.3 cm³/mol. The molecule has 0 atom stereocenters. The van der Waals surface area contributed by atoms with Crippen LogP contribution >= 0.6 is 15.9 Å². The van der Waals surface area contributed by atoms with Gasteiger partial charge in [-0.05, 0) is 33.1 Å². The van der Waals surface area contributed by atoms with E-state index in [2.05, 4.69) is 43.6 Å². The van der Waals surface area contributed by atoms with Crippen LogP contribution in [0.1, 0.15) is 47.0 Å². The number of alkyl halides is 1. The van der Waals surface area contributed by atoms with E-state index in [4.69, 9.17) is 0 Å². The number of rotatable bonds is 7. The van der Waals surface area contributed by atoms with Crippen molar-refractivity contribution in [3.8, 4) is 0 Å². The fourth-order valence-corrected chi connectivity index (χ4v) is 1.98. The minimum Gasteiger partial charge on any atom is -0.340 e. The maximum Gasteiger partial charge on any atom is 0.225 e. The Morgan fingerprint density at radius 3 is 2.13 bits per heavy atom. The van der Waals surface area contributed by atoms with Gasteiger partial charge >= 0.3 is 0 Å². The van der Waals surface area contributed by atoms with E-state index < -0.39 is 0 Å². The maximum atomic E-state index is 12.2. The standard InChI is InChI=1S/C12H24BrNO/c1-5-11(6-2)12(15)14(10(3)4)9-7-8-13/h10-11H,5-9H2,1-4H3. The molecule has 1 amide bonds. The van der Waals surface area contributed by atoms with Gasteiger partial charge in [0.25, 0.3) is 0 Å². The molecule has 15 heavy (non-hydrogen) atoms. The third-order valence-corrected chi connectivity index (χ3v) is 3.33. The zero-order chi connectivity index (χ0) is 11.8. The van der Waals surface area contributed by atoms with Gasteiger partial charge in [-0.3, -0.25) is 4.79 Å². The summed E-state index contributed by atoms with van der Waals surface area (Å²) in [5.41, 5.74) is 0. The Kier molecular flexibility index (Phi) is 8.12. The smallest absolute Gasteiger partial charge is 0.225 e. The van der Waals surface area contributed by atoms with Crippen molar-refractivity contribution in [3.05, 3.63) is 0 Å². The molecule has 0 fully saturated rings. The van der Waals surface area contributed by atoms with Crippen molar-refractivity contribution in [2.45, 2.75) is 53.0 Å². The molecular formula is C12H24BrNO. The number of hydrogen-bond donors (Lipinski definition) is 0. The molecule has 0 N–H and O–H groups in total. The number of nitrogens with zero attached hydrogens (tertiary/aromatic N) is 1. The highest BCUT2D eigenvalue weighted by molar-refractivity contribution is 9.09. The van der Waals surface area contributed by atoms with Crippen molar-refractivity contribution in [2.24, 2.45) is 5.92 Å². The molecular weight excluding hydrogens is 254 g/mol. The molecule has 0 saturated carbocycles. The van der Waals surface area contributed by atoms with Gasteiger partial charge in [-0.15, -0.1) is 0 Å². The lowest BCUT2D eigenvalue weighted by Crippen LogP contribution is -2.41. The highest BCUT2D eigenvalue weighted by Gasteiger charge is 2.22. The van der Waals surface area contributed by atoms with Crippen LogP contribution in [0.2, 0.25) is 0 Å². The van der Waals surface area contributed by atoms with Gasteiger partial charge in [0, 0.05) is 23.8 Å². The van der Waals surface area contributed by atoms with Crippen LogP contribution in [0.3, 0.4) is 0 Å². The average molecular weight is 278 g/mol. The van der Waals surface area contributed by atoms with Crippen LogP contribution in [0.5, 0.6) is 0 Å². The Morgan fingerprint density at radius 1 is 1.27 bits per heavy atom. The number of carbonyl (C=O) groups excluding carboxylic acids is 1. The second kappa shape index (κ2) is 8.14. The maximum absolute atomic E-state index is 12.2. The fraction of sp³-hybridized carbons (Fsp3) is 0.917. The molecule has 0 aliphatic carbocycles. The summed E-state index contributed by atoms with van der Waals surface area (Å²) in [5.74, 6) is 0.540. The minimum atomic E-state index is 0.211. The van der Waals surface area contributed by atoms with E-state index in [-0.39, 0.29) is 5.92 Å². The Hall–Kier alpha value is -0.0500. The zero-order valence-corrected chi connectivity index (χ0v) is 12.0. The summed E-state index contributed by atoms with van der Waals surface area (Å²) < 4.78 is 0. The van der Waals surface area contributed by atoms with E-state index in [0.717, 1.165) is 31.1 Å². The van der Waals surface area contributed by atoms with Crippen molar-refractivity contribution in [3.63, 3.8) is 0 Å². The zero-order valence-electron chi connectivity index (χ0n) is 10.4. The number of amides is 1. The van der Waals surface area contributed by atoms with Gasteiger partial charge in [-0.2, -0.15) is 0 Å². The number of carbonyl (C=O) groups is 1. The van der Waals surface area contributed by atoms with Crippen molar-refractivity contribution in [1.29, 1.82) is 0 Å². The summed E-state index contributed by atoms with van der Waals surface area (Å²) in [7, 11) is 0. The van der Waals surface area contributed by atoms with E-state index in [9.17, 15) is 4.79 Å². The lowest BCUT2D eigenvalue weighted by molar-refractivity contribution is -0.137. The topological polar surface area (TPSA) is 20.3 Å². The summed E-state index contributed by atoms with van der Waals surface area (Å²) in [6, 6.07) is 0.317. The van der Waals surface area contributed by atoms with E-state index in [0.29, 0.717) is 11.9 Å². The molecule has 0 aromatic heterocycles. The fourth-order valence-electron chi connectivity index (χ4n) is 1.73. The molecule has 0 spiro atoms. The number of hydrogen-bond acceptors (Lipinski definition) is 1. The highest BCUT2D eigenvalue weighted by Crippen LogP contribution is 2.14. The van der Waals surface area contributed by atoms with E-state index in [1.54, 1.807) is 0 Å². The Labute approximate surface area is 103 Å². The predicted octanol–water partition coefficient (Wildman–Crippen LogP) is 3.44. The summed E-state index contributed by atoms with van der Waals surface area (Å²) in [6.45, 7) is 9.24. The monoisotopic (exact) mass is 277 g/mol. The minimum absolute atomic E-state index is 0.211. The average Bonchev–Trinajstić information content (AvgIpc) is 2.19. The third kappa shape index (κ3) is 5.01. The first-order valence-electron chi connectivity index (χ1n) is 5.94. The van der Waals surface area contributed by atoms with Gasteiger partial charge in [0.15, 0.2) is 0 Å². The molecule has 0 heterocycles. The van der Waals surface area contributed by atoms with Gasteiger partial charge < -0.3 is 4.90 Å². The first kappa shape index (κ1) is 14.9. The summed E-state index contributed by atoms with van der Waals surface area (Å²) in [4.78, 5) is 14.2. The van der Waals surface area contributed by atoms with Crippen LogP contribution in [-0.2, 0) is 4.79 Å². The second-order valence-corrected chi connectivity index (χ2v) is 4.97. The van der Waals surface area contributed by atoms with Crippen molar-refractivity contribution in [1.82, 2.24) is 4.90 Å². The quantitative estimate of drug-likeness (QED) is 0.653. The van der Waals surface area contributed by atoms with Crippen LogP contribution in [0.4, 0.5) is 0 Å². The van der Waals surface area contributed by atoms with E-state index >= 15 is 0 Å². The summed E-state index contributed by atoms with van der Waals surface area (Å²) >= 11 is 3.41. The molecule has 0 bridgehead atoms. The highest BCUT2D eigenvalue weighted by atomic mass is 79.9. The Morgan fingerprint density at radius 2 is 1.80 bits per heavy atom. The number of halogens is 1. The molecule has 90 valence electrons. The van der Waals surface area contributed by atoms with E-state index in [1.165, 1.54) is 0 Å². The summed E-state index contributed by atoms with van der Waals surface area (Å²) in [6.07, 6.45) is 2.93. The molecule has 0 rings (SSSR count). The SMILES string of the molecule is CCC(CC)C(=O)N(CCCBr)C(C)C. The molecule has 2 nitrogen and oxygen atoms in total. The largest absolute Gasteiger partial charge is 0.340 e. The lowest BCUT2D eigenvalue weighted by atomic mass is 10.0. The lowest BCUT2D eigenvalue weighted by Gasteiger charge is -2.30. The molecule has 0 saturated heterocycles. The van der Waals surface area contributed by atoms with Crippen molar-refractivity contribution < 1.29 is 4.79 Å². The van der Waals surface area contributed by atoms with Crippen LogP contribution < -0.4 is 0 Å². The van der Waals surface area contributed by atoms with Crippen molar-refractivity contribution >= 4 is 21.8 Å². The summed E-state index contributed by atoms with van der Waals surface area (Å²) in [5, 5.41) is 0.965. The van der Waals surface area contributed by atoms with Gasteiger partial charge in [0.1, 0.15) is 0 Å². The molecule has 3 heteroatoms. The van der Waals surface area contributed by atoms with Gasteiger partial charge in [-0.25, -0.2) is 0 Å². The second-order valence-electron chi connectivity index (χ2n) is 4.18.